The normalized spacial score (nSPS) is 34.6. The van der Waals surface area contributed by atoms with Crippen LogP contribution in [0.3, 0.4) is 0 Å². The van der Waals surface area contributed by atoms with Crippen LogP contribution in [-0.4, -0.2) is 20.2 Å². The molecule has 0 nitrogen and oxygen atoms in total. The lowest BCUT2D eigenvalue weighted by atomic mass is 9.99. The third-order valence-corrected chi connectivity index (χ3v) is 4.08. The molecule has 0 bridgehead atoms. The molecule has 4 heteroatoms. The molecule has 1 rings (SSSR count). The van der Waals surface area contributed by atoms with Crippen LogP contribution in [0.15, 0.2) is 0 Å². The summed E-state index contributed by atoms with van der Waals surface area (Å²) in [6.07, 6.45) is 2.02. The molecule has 0 radical (unpaired) electrons. The maximum atomic E-state index is 5.06. The van der Waals surface area contributed by atoms with E-state index in [0.717, 1.165) is 22.6 Å². The van der Waals surface area contributed by atoms with Crippen molar-refractivity contribution in [2.75, 3.05) is 0 Å². The van der Waals surface area contributed by atoms with E-state index < -0.39 is 0 Å². The van der Waals surface area contributed by atoms with E-state index in [1.54, 1.807) is 0 Å². The van der Waals surface area contributed by atoms with E-state index in [2.05, 4.69) is 25.3 Å². The van der Waals surface area contributed by atoms with Crippen LogP contribution >= 0.6 is 49.7 Å². The molecule has 2 atom stereocenters. The number of thiol groups is 2. The van der Waals surface area contributed by atoms with Gasteiger partial charge < -0.3 is 0 Å². The molecule has 56 valence electrons. The monoisotopic (exact) mass is 208 g/mol. The van der Waals surface area contributed by atoms with Gasteiger partial charge in [0.15, 0.2) is 0 Å². The Balaban J connectivity index is 2.70. The van der Waals surface area contributed by atoms with Gasteiger partial charge in [0, 0.05) is 20.2 Å². The molecule has 0 aromatic rings. The molecule has 0 saturated heterocycles. The fourth-order valence-corrected chi connectivity index (χ4v) is 2.18. The van der Waals surface area contributed by atoms with E-state index in [9.17, 15) is 0 Å². The average Bonchev–Trinajstić information content (AvgIpc) is 1.93. The molecule has 0 amide bonds. The molecule has 1 saturated carbocycles. The maximum absolute atomic E-state index is 5.06. The SMILES string of the molecule is S=C1C(=S)C(S)CCC1S. The van der Waals surface area contributed by atoms with Crippen molar-refractivity contribution in [2.45, 2.75) is 23.3 Å². The minimum atomic E-state index is 0.200. The fraction of sp³-hybridized carbons (Fsp3) is 0.667. The summed E-state index contributed by atoms with van der Waals surface area (Å²) in [6.45, 7) is 0. The number of thiocarbonyl (C=S) groups is 2. The van der Waals surface area contributed by atoms with Gasteiger partial charge in [-0.2, -0.15) is 25.3 Å². The molecule has 0 aromatic heterocycles. The first kappa shape index (κ1) is 8.97. The van der Waals surface area contributed by atoms with Gasteiger partial charge in [0.1, 0.15) is 0 Å². The number of rotatable bonds is 0. The molecule has 2 unspecified atom stereocenters. The standard InChI is InChI=1S/C6H8S4/c7-3-1-2-4(8)6(10)5(3)9/h3-4,7-8H,1-2H2. The topological polar surface area (TPSA) is 0 Å². The molecule has 0 aliphatic heterocycles. The summed E-state index contributed by atoms with van der Waals surface area (Å²) < 4.78 is 0. The second kappa shape index (κ2) is 3.52. The van der Waals surface area contributed by atoms with Crippen molar-refractivity contribution in [1.82, 2.24) is 0 Å². The van der Waals surface area contributed by atoms with E-state index in [1.807, 2.05) is 0 Å². The van der Waals surface area contributed by atoms with Gasteiger partial charge in [-0.25, -0.2) is 0 Å². The Labute approximate surface area is 82.6 Å². The minimum Gasteiger partial charge on any atom is -0.170 e. The van der Waals surface area contributed by atoms with Crippen LogP contribution in [0.25, 0.3) is 0 Å². The van der Waals surface area contributed by atoms with Gasteiger partial charge in [-0.05, 0) is 12.8 Å². The summed E-state index contributed by atoms with van der Waals surface area (Å²) in [4.78, 5) is 1.65. The van der Waals surface area contributed by atoms with Crippen molar-refractivity contribution in [3.8, 4) is 0 Å². The zero-order chi connectivity index (χ0) is 7.72. The first-order valence-electron chi connectivity index (χ1n) is 3.07. The van der Waals surface area contributed by atoms with E-state index in [4.69, 9.17) is 24.4 Å². The minimum absolute atomic E-state index is 0.200. The highest BCUT2D eigenvalue weighted by molar-refractivity contribution is 7.94. The van der Waals surface area contributed by atoms with Crippen molar-refractivity contribution in [2.24, 2.45) is 0 Å². The number of hydrogen-bond donors (Lipinski definition) is 2. The number of hydrogen-bond acceptors (Lipinski definition) is 4. The van der Waals surface area contributed by atoms with Crippen LogP contribution in [-0.2, 0) is 0 Å². The van der Waals surface area contributed by atoms with E-state index >= 15 is 0 Å². The second-order valence-electron chi connectivity index (χ2n) is 2.34. The Bertz CT molecular complexity index is 155. The average molecular weight is 208 g/mol. The van der Waals surface area contributed by atoms with Gasteiger partial charge in [-0.1, -0.05) is 24.4 Å². The maximum Gasteiger partial charge on any atom is 0.0430 e. The van der Waals surface area contributed by atoms with Crippen molar-refractivity contribution in [3.05, 3.63) is 0 Å². The third kappa shape index (κ3) is 1.72. The zero-order valence-electron chi connectivity index (χ0n) is 5.28. The highest BCUT2D eigenvalue weighted by Gasteiger charge is 2.25. The highest BCUT2D eigenvalue weighted by atomic mass is 32.1. The van der Waals surface area contributed by atoms with Gasteiger partial charge >= 0.3 is 0 Å². The van der Waals surface area contributed by atoms with E-state index in [0.29, 0.717) is 0 Å². The van der Waals surface area contributed by atoms with Crippen molar-refractivity contribution < 1.29 is 0 Å². The van der Waals surface area contributed by atoms with Crippen molar-refractivity contribution in [3.63, 3.8) is 0 Å². The van der Waals surface area contributed by atoms with Crippen LogP contribution in [0.1, 0.15) is 12.8 Å². The lowest BCUT2D eigenvalue weighted by molar-refractivity contribution is 0.814. The Morgan fingerprint density at radius 3 is 1.60 bits per heavy atom. The Hall–Kier alpha value is 0.880. The lowest BCUT2D eigenvalue weighted by Gasteiger charge is -2.23. The molecule has 1 aliphatic carbocycles. The molecular formula is C6H8S4. The van der Waals surface area contributed by atoms with Gasteiger partial charge in [-0.3, -0.25) is 0 Å². The summed E-state index contributed by atoms with van der Waals surface area (Å²) in [5, 5.41) is 0.400. The molecule has 10 heavy (non-hydrogen) atoms. The highest BCUT2D eigenvalue weighted by Crippen LogP contribution is 2.22. The largest absolute Gasteiger partial charge is 0.170 e. The van der Waals surface area contributed by atoms with E-state index in [1.165, 1.54) is 0 Å². The smallest absolute Gasteiger partial charge is 0.0430 e. The van der Waals surface area contributed by atoms with Crippen molar-refractivity contribution in [1.29, 1.82) is 0 Å². The summed E-state index contributed by atoms with van der Waals surface area (Å²) in [7, 11) is 0. The lowest BCUT2D eigenvalue weighted by Crippen LogP contribution is -2.34. The van der Waals surface area contributed by atoms with Gasteiger partial charge in [-0.15, -0.1) is 0 Å². The summed E-state index contributed by atoms with van der Waals surface area (Å²) in [6, 6.07) is 0. The summed E-state index contributed by atoms with van der Waals surface area (Å²) in [5.41, 5.74) is 0. The fourth-order valence-electron chi connectivity index (χ4n) is 0.906. The molecule has 1 fully saturated rings. The van der Waals surface area contributed by atoms with Gasteiger partial charge in [0.2, 0.25) is 0 Å². The Kier molecular flexibility index (Phi) is 3.16. The first-order chi connectivity index (χ1) is 4.63. The van der Waals surface area contributed by atoms with Crippen LogP contribution in [0.2, 0.25) is 0 Å². The molecular weight excluding hydrogens is 200 g/mol. The second-order valence-corrected chi connectivity index (χ2v) is 4.46. The predicted octanol–water partition coefficient (Wildman–Crippen LogP) is 2.12. The predicted molar refractivity (Wildman–Crippen MR) is 60.0 cm³/mol. The zero-order valence-corrected chi connectivity index (χ0v) is 8.70. The van der Waals surface area contributed by atoms with Crippen LogP contribution < -0.4 is 0 Å². The summed E-state index contributed by atoms with van der Waals surface area (Å²) >= 11 is 18.7. The molecule has 0 aromatic carbocycles. The van der Waals surface area contributed by atoms with E-state index in [-0.39, 0.29) is 10.5 Å². The Morgan fingerprint density at radius 1 is 1.00 bits per heavy atom. The van der Waals surface area contributed by atoms with Gasteiger partial charge in [0.05, 0.1) is 0 Å². The van der Waals surface area contributed by atoms with Gasteiger partial charge in [0.25, 0.3) is 0 Å². The molecule has 0 N–H and O–H groups in total. The van der Waals surface area contributed by atoms with Crippen molar-refractivity contribution >= 4 is 59.4 Å². The quantitative estimate of drug-likeness (QED) is 0.462. The van der Waals surface area contributed by atoms with Crippen LogP contribution in [0, 0.1) is 0 Å². The molecule has 0 heterocycles. The third-order valence-electron chi connectivity index (χ3n) is 1.56. The summed E-state index contributed by atoms with van der Waals surface area (Å²) in [5.74, 6) is 0. The molecule has 0 spiro atoms. The Morgan fingerprint density at radius 2 is 1.30 bits per heavy atom. The first-order valence-corrected chi connectivity index (χ1v) is 4.92. The van der Waals surface area contributed by atoms with Crippen LogP contribution in [0.4, 0.5) is 0 Å². The van der Waals surface area contributed by atoms with Crippen LogP contribution in [0.5, 0.6) is 0 Å². The molecule has 1 aliphatic rings.